The lowest BCUT2D eigenvalue weighted by atomic mass is 10.1. The molecule has 1 aromatic carbocycles. The minimum absolute atomic E-state index is 0.484. The molecular formula is C12H15N3O4. The van der Waals surface area contributed by atoms with Crippen LogP contribution in [0.2, 0.25) is 0 Å². The van der Waals surface area contributed by atoms with Gasteiger partial charge >= 0.3 is 5.97 Å². The standard InChI is InChI=1S/C12H15N3O4/c13-9(16)6-8(12(18)19)15-11(17)10(14)7-4-2-1-3-5-7/h1-5,8,10H,6,14H2,(H2,13,16)(H,15,17)(H,18,19)/t8-,10?/m0/s1. The van der Waals surface area contributed by atoms with Crippen LogP contribution in [0.1, 0.15) is 18.0 Å². The molecule has 2 atom stereocenters. The highest BCUT2D eigenvalue weighted by Gasteiger charge is 2.25. The van der Waals surface area contributed by atoms with Gasteiger partial charge in [0.15, 0.2) is 0 Å². The summed E-state index contributed by atoms with van der Waals surface area (Å²) in [7, 11) is 0. The van der Waals surface area contributed by atoms with E-state index in [0.717, 1.165) is 0 Å². The molecule has 0 fully saturated rings. The largest absolute Gasteiger partial charge is 0.480 e. The van der Waals surface area contributed by atoms with Gasteiger partial charge < -0.3 is 21.9 Å². The zero-order valence-electron chi connectivity index (χ0n) is 10.1. The Kier molecular flexibility index (Phi) is 5.01. The number of carbonyl (C=O) groups excluding carboxylic acids is 2. The second kappa shape index (κ2) is 6.50. The Hall–Kier alpha value is -2.41. The number of hydrogen-bond acceptors (Lipinski definition) is 4. The van der Waals surface area contributed by atoms with E-state index in [1.807, 2.05) is 0 Å². The minimum Gasteiger partial charge on any atom is -0.480 e. The van der Waals surface area contributed by atoms with Crippen molar-refractivity contribution in [2.75, 3.05) is 0 Å². The molecule has 7 heteroatoms. The predicted molar refractivity (Wildman–Crippen MR) is 66.7 cm³/mol. The summed E-state index contributed by atoms with van der Waals surface area (Å²) in [6.07, 6.45) is -0.484. The number of carboxylic acids is 1. The monoisotopic (exact) mass is 265 g/mol. The second-order valence-corrected chi connectivity index (χ2v) is 3.96. The van der Waals surface area contributed by atoms with Gasteiger partial charge in [-0.05, 0) is 5.56 Å². The normalized spacial score (nSPS) is 13.3. The molecule has 0 aliphatic rings. The van der Waals surface area contributed by atoms with E-state index in [-0.39, 0.29) is 0 Å². The Morgan fingerprint density at radius 2 is 1.79 bits per heavy atom. The van der Waals surface area contributed by atoms with Gasteiger partial charge in [-0.2, -0.15) is 0 Å². The topological polar surface area (TPSA) is 136 Å². The average molecular weight is 265 g/mol. The maximum atomic E-state index is 11.8. The molecule has 19 heavy (non-hydrogen) atoms. The fourth-order valence-electron chi connectivity index (χ4n) is 1.47. The van der Waals surface area contributed by atoms with Crippen molar-refractivity contribution in [1.29, 1.82) is 0 Å². The Morgan fingerprint density at radius 1 is 1.21 bits per heavy atom. The molecule has 0 aliphatic heterocycles. The Balaban J connectivity index is 2.72. The van der Waals surface area contributed by atoms with Gasteiger partial charge in [-0.15, -0.1) is 0 Å². The number of hydrogen-bond donors (Lipinski definition) is 4. The number of primary amides is 1. The number of carboxylic acid groups (broad SMARTS) is 1. The second-order valence-electron chi connectivity index (χ2n) is 3.96. The molecule has 0 radical (unpaired) electrons. The molecular weight excluding hydrogens is 250 g/mol. The lowest BCUT2D eigenvalue weighted by Gasteiger charge is -2.17. The van der Waals surface area contributed by atoms with E-state index in [0.29, 0.717) is 5.56 Å². The lowest BCUT2D eigenvalue weighted by molar-refractivity contribution is -0.143. The molecule has 1 unspecified atom stereocenters. The third kappa shape index (κ3) is 4.40. The average Bonchev–Trinajstić information content (AvgIpc) is 2.37. The van der Waals surface area contributed by atoms with Gasteiger partial charge in [0.1, 0.15) is 12.1 Å². The summed E-state index contributed by atoms with van der Waals surface area (Å²) in [4.78, 5) is 33.4. The zero-order chi connectivity index (χ0) is 14.4. The zero-order valence-corrected chi connectivity index (χ0v) is 10.1. The summed E-state index contributed by atoms with van der Waals surface area (Å²) >= 11 is 0. The van der Waals surface area contributed by atoms with Gasteiger partial charge in [-0.3, -0.25) is 9.59 Å². The number of rotatable bonds is 6. The minimum atomic E-state index is -1.38. The first kappa shape index (κ1) is 14.7. The maximum Gasteiger partial charge on any atom is 0.326 e. The van der Waals surface area contributed by atoms with Gasteiger partial charge in [0, 0.05) is 0 Å². The number of benzene rings is 1. The lowest BCUT2D eigenvalue weighted by Crippen LogP contribution is -2.46. The first-order chi connectivity index (χ1) is 8.91. The van der Waals surface area contributed by atoms with Crippen LogP contribution in [0.5, 0.6) is 0 Å². The number of carbonyl (C=O) groups is 3. The maximum absolute atomic E-state index is 11.8. The molecule has 0 heterocycles. The van der Waals surface area contributed by atoms with E-state index < -0.39 is 36.3 Å². The van der Waals surface area contributed by atoms with Crippen molar-refractivity contribution in [2.45, 2.75) is 18.5 Å². The van der Waals surface area contributed by atoms with Crippen molar-refractivity contribution < 1.29 is 19.5 Å². The van der Waals surface area contributed by atoms with E-state index >= 15 is 0 Å². The summed E-state index contributed by atoms with van der Waals surface area (Å²) in [6, 6.07) is 6.10. The Bertz CT molecular complexity index is 475. The van der Waals surface area contributed by atoms with Crippen molar-refractivity contribution in [3.05, 3.63) is 35.9 Å². The van der Waals surface area contributed by atoms with Crippen molar-refractivity contribution in [3.63, 3.8) is 0 Å². The SMILES string of the molecule is NC(=O)C[C@H](NC(=O)C(N)c1ccccc1)C(=O)O. The summed E-state index contributed by atoms with van der Waals surface area (Å²) in [5.74, 6) is -2.84. The highest BCUT2D eigenvalue weighted by atomic mass is 16.4. The van der Waals surface area contributed by atoms with E-state index in [9.17, 15) is 14.4 Å². The molecule has 102 valence electrons. The van der Waals surface area contributed by atoms with Gasteiger partial charge in [0.2, 0.25) is 11.8 Å². The number of amides is 2. The molecule has 7 nitrogen and oxygen atoms in total. The first-order valence-electron chi connectivity index (χ1n) is 5.54. The Morgan fingerprint density at radius 3 is 2.26 bits per heavy atom. The Labute approximate surface area is 109 Å². The highest BCUT2D eigenvalue weighted by Crippen LogP contribution is 2.09. The third-order valence-corrected chi connectivity index (χ3v) is 2.46. The highest BCUT2D eigenvalue weighted by molar-refractivity contribution is 5.90. The molecule has 1 rings (SSSR count). The summed E-state index contributed by atoms with van der Waals surface area (Å²) < 4.78 is 0. The van der Waals surface area contributed by atoms with Gasteiger partial charge in [0.25, 0.3) is 0 Å². The van der Waals surface area contributed by atoms with Crippen molar-refractivity contribution in [1.82, 2.24) is 5.32 Å². The van der Waals surface area contributed by atoms with Gasteiger partial charge in [0.05, 0.1) is 6.42 Å². The van der Waals surface area contributed by atoms with Crippen molar-refractivity contribution >= 4 is 17.8 Å². The number of aliphatic carboxylic acids is 1. The van der Waals surface area contributed by atoms with Crippen LogP contribution in [0.15, 0.2) is 30.3 Å². The fraction of sp³-hybridized carbons (Fsp3) is 0.250. The van der Waals surface area contributed by atoms with E-state index in [2.05, 4.69) is 5.32 Å². The van der Waals surface area contributed by atoms with Crippen LogP contribution in [0.3, 0.4) is 0 Å². The smallest absolute Gasteiger partial charge is 0.326 e. The van der Waals surface area contributed by atoms with Gasteiger partial charge in [-0.1, -0.05) is 30.3 Å². The van der Waals surface area contributed by atoms with Gasteiger partial charge in [-0.25, -0.2) is 4.79 Å². The van der Waals surface area contributed by atoms with Crippen LogP contribution in [0.25, 0.3) is 0 Å². The molecule has 0 saturated carbocycles. The molecule has 1 aromatic rings. The van der Waals surface area contributed by atoms with Crippen LogP contribution in [-0.4, -0.2) is 28.9 Å². The molecule has 0 aromatic heterocycles. The van der Waals surface area contributed by atoms with E-state index in [1.54, 1.807) is 30.3 Å². The summed E-state index contributed by atoms with van der Waals surface area (Å²) in [5.41, 5.74) is 11.2. The summed E-state index contributed by atoms with van der Waals surface area (Å²) in [6.45, 7) is 0. The summed E-state index contributed by atoms with van der Waals surface area (Å²) in [5, 5.41) is 11.0. The molecule has 0 aliphatic carbocycles. The third-order valence-electron chi connectivity index (χ3n) is 2.46. The fourth-order valence-corrected chi connectivity index (χ4v) is 1.47. The van der Waals surface area contributed by atoms with Crippen LogP contribution in [0, 0.1) is 0 Å². The quantitative estimate of drug-likeness (QED) is 0.530. The molecule has 0 saturated heterocycles. The van der Waals surface area contributed by atoms with Crippen LogP contribution < -0.4 is 16.8 Å². The number of nitrogens with two attached hydrogens (primary N) is 2. The van der Waals surface area contributed by atoms with Crippen LogP contribution in [0.4, 0.5) is 0 Å². The molecule has 0 bridgehead atoms. The predicted octanol–water partition coefficient (Wildman–Crippen LogP) is -0.869. The molecule has 6 N–H and O–H groups in total. The molecule has 0 spiro atoms. The van der Waals surface area contributed by atoms with Crippen molar-refractivity contribution in [2.24, 2.45) is 11.5 Å². The van der Waals surface area contributed by atoms with Crippen molar-refractivity contribution in [3.8, 4) is 0 Å². The first-order valence-corrected chi connectivity index (χ1v) is 5.54. The van der Waals surface area contributed by atoms with Crippen LogP contribution >= 0.6 is 0 Å². The van der Waals surface area contributed by atoms with Crippen LogP contribution in [-0.2, 0) is 14.4 Å². The molecule has 2 amide bonds. The van der Waals surface area contributed by atoms with E-state index in [4.69, 9.17) is 16.6 Å². The number of nitrogens with one attached hydrogen (secondary N) is 1. The van der Waals surface area contributed by atoms with E-state index in [1.165, 1.54) is 0 Å².